The number of carbonyl (C=O) groups is 7. The van der Waals surface area contributed by atoms with Crippen LogP contribution in [0.5, 0.6) is 0 Å². The molecule has 0 heterocycles. The molecule has 0 radical (unpaired) electrons. The Balaban J connectivity index is 7.27. The Labute approximate surface area is 610 Å². The first-order valence-corrected chi connectivity index (χ1v) is 39.3. The summed E-state index contributed by atoms with van der Waals surface area (Å²) in [5.74, 6) is -0.564. The summed E-state index contributed by atoms with van der Waals surface area (Å²) in [5.41, 5.74) is 0.0512. The first-order valence-electron chi connectivity index (χ1n) is 39.3. The second-order valence-electron chi connectivity index (χ2n) is 34.2. The van der Waals surface area contributed by atoms with Gasteiger partial charge < -0.3 is 39.5 Å². The number of rotatable bonds is 47. The van der Waals surface area contributed by atoms with Gasteiger partial charge in [-0.2, -0.15) is 0 Å². The molecule has 0 bridgehead atoms. The van der Waals surface area contributed by atoms with Crippen LogP contribution in [0, 0.1) is 5.92 Å². The number of hydrogen-bond acceptors (Lipinski definition) is 14. The predicted octanol–water partition coefficient (Wildman–Crippen LogP) is 20.6. The van der Waals surface area contributed by atoms with E-state index in [1.165, 1.54) is 132 Å². The van der Waals surface area contributed by atoms with Gasteiger partial charge >= 0.3 is 36.6 Å². The van der Waals surface area contributed by atoms with E-state index in [4.69, 9.17) is 34.2 Å². The highest BCUT2D eigenvalue weighted by molar-refractivity contribution is 5.76. The largest absolute Gasteiger partial charge is 0.444 e. The van der Waals surface area contributed by atoms with E-state index in [1.54, 1.807) is 139 Å². The van der Waals surface area contributed by atoms with Gasteiger partial charge in [-0.25, -0.2) is 28.8 Å². The Hall–Kier alpha value is -4.95. The summed E-state index contributed by atoms with van der Waals surface area (Å²) in [6, 6.07) is 0.335. The highest BCUT2D eigenvalue weighted by Gasteiger charge is 2.46. The summed E-state index contributed by atoms with van der Waals surface area (Å²) in [7, 11) is 3.12. The van der Waals surface area contributed by atoms with Crippen molar-refractivity contribution in [1.29, 1.82) is 0 Å². The van der Waals surface area contributed by atoms with Gasteiger partial charge in [0.1, 0.15) is 58.3 Å². The molecule has 100 heavy (non-hydrogen) atoms. The lowest BCUT2D eigenvalue weighted by molar-refractivity contribution is -0.121. The highest BCUT2D eigenvalue weighted by atomic mass is 16.6. The van der Waals surface area contributed by atoms with Crippen molar-refractivity contribution in [2.45, 2.75) is 429 Å². The smallest absolute Gasteiger partial charge is 0.413 e. The van der Waals surface area contributed by atoms with Crippen molar-refractivity contribution in [3.63, 3.8) is 0 Å². The molecule has 0 aliphatic heterocycles. The molecule has 0 rings (SSSR count). The van der Waals surface area contributed by atoms with Gasteiger partial charge in [0, 0.05) is 46.2 Å². The number of hydrogen-bond donors (Lipinski definition) is 2. The minimum absolute atomic E-state index is 0.0580. The third-order valence-electron chi connectivity index (χ3n) is 16.9. The Kier molecular flexibility index (Phi) is 45.8. The molecular weight excluding hydrogens is 1270 g/mol. The minimum Gasteiger partial charge on any atom is -0.444 e. The van der Waals surface area contributed by atoms with E-state index in [0.717, 1.165) is 44.9 Å². The topological polar surface area (TPSA) is 232 Å². The van der Waals surface area contributed by atoms with Crippen LogP contribution < -0.4 is 11.1 Å². The molecular formula is C79H154N8O13. The Morgan fingerprint density at radius 2 is 0.600 bits per heavy atom. The van der Waals surface area contributed by atoms with E-state index in [2.05, 4.69) is 12.2 Å². The summed E-state index contributed by atoms with van der Waals surface area (Å²) in [6.07, 6.45) is 22.4. The molecule has 0 aromatic heterocycles. The van der Waals surface area contributed by atoms with Crippen LogP contribution in [0.4, 0.5) is 28.8 Å². The van der Waals surface area contributed by atoms with Crippen molar-refractivity contribution in [1.82, 2.24) is 34.7 Å². The Morgan fingerprint density at radius 3 is 0.880 bits per heavy atom. The lowest BCUT2D eigenvalue weighted by Crippen LogP contribution is -2.64. The molecule has 0 aromatic carbocycles. The fourth-order valence-electron chi connectivity index (χ4n) is 12.2. The summed E-state index contributed by atoms with van der Waals surface area (Å²) < 4.78 is 36.8. The second-order valence-corrected chi connectivity index (χ2v) is 34.2. The average molecular weight is 1420 g/mol. The molecule has 588 valence electrons. The number of unbranched alkanes of at least 4 members (excludes halogenated alkanes) is 21. The number of ether oxygens (including phenoxy) is 6. The van der Waals surface area contributed by atoms with Gasteiger partial charge in [-0.05, 0) is 189 Å². The van der Waals surface area contributed by atoms with Gasteiger partial charge in [0.25, 0.3) is 0 Å². The van der Waals surface area contributed by atoms with E-state index >= 15 is 19.2 Å². The quantitative estimate of drug-likeness (QED) is 0.0328. The Morgan fingerprint density at radius 1 is 0.340 bits per heavy atom. The van der Waals surface area contributed by atoms with Crippen LogP contribution in [0.1, 0.15) is 365 Å². The van der Waals surface area contributed by atoms with Gasteiger partial charge in [0.05, 0.1) is 0 Å². The van der Waals surface area contributed by atoms with Crippen LogP contribution >= 0.6 is 0 Å². The van der Waals surface area contributed by atoms with Gasteiger partial charge in [-0.15, -0.1) is 0 Å². The SMILES string of the molecule is CCCC(N(CC(CCCCCCNC(=O)CCCCCCCCCCCCCCCCCCCCCC(C)N)CN(C(=O)OC(C)(C)C)C(CCC)N(C(=O)OC(C)(C)C)C(CC)N(C)C(=O)OC(C)(C)C)C(=O)OC(C)(C)C)N(C(=O)OC(C)(C)C)C(CC)N(C)C(=O)OC(C)(C)C. The first kappa shape index (κ1) is 95.0. The van der Waals surface area contributed by atoms with Crippen molar-refractivity contribution < 1.29 is 62.0 Å². The van der Waals surface area contributed by atoms with Gasteiger partial charge in [-0.1, -0.05) is 175 Å². The van der Waals surface area contributed by atoms with Crippen LogP contribution in [0.2, 0.25) is 0 Å². The third-order valence-corrected chi connectivity index (χ3v) is 16.9. The van der Waals surface area contributed by atoms with Crippen molar-refractivity contribution in [2.75, 3.05) is 33.7 Å². The van der Waals surface area contributed by atoms with Crippen LogP contribution in [0.15, 0.2) is 0 Å². The summed E-state index contributed by atoms with van der Waals surface area (Å²) in [6.45, 7) is 41.7. The number of nitrogens with zero attached hydrogens (tertiary/aromatic N) is 6. The van der Waals surface area contributed by atoms with Crippen LogP contribution in [0.3, 0.4) is 0 Å². The molecule has 0 aliphatic carbocycles. The summed E-state index contributed by atoms with van der Waals surface area (Å²) >= 11 is 0. The summed E-state index contributed by atoms with van der Waals surface area (Å²) in [5, 5.41) is 3.15. The second kappa shape index (κ2) is 48.1. The van der Waals surface area contributed by atoms with Crippen molar-refractivity contribution in [2.24, 2.45) is 11.7 Å². The maximum Gasteiger partial charge on any atom is 0.413 e. The van der Waals surface area contributed by atoms with Crippen molar-refractivity contribution in [3.8, 4) is 0 Å². The van der Waals surface area contributed by atoms with Gasteiger partial charge in [-0.3, -0.25) is 34.2 Å². The van der Waals surface area contributed by atoms with E-state index in [-0.39, 0.29) is 44.7 Å². The van der Waals surface area contributed by atoms with E-state index < -0.39 is 101 Å². The minimum atomic E-state index is -1.10. The molecule has 0 saturated heterocycles. The molecule has 21 nitrogen and oxygen atoms in total. The molecule has 5 atom stereocenters. The molecule has 0 fully saturated rings. The van der Waals surface area contributed by atoms with Crippen LogP contribution in [0.25, 0.3) is 0 Å². The first-order chi connectivity index (χ1) is 46.3. The highest BCUT2D eigenvalue weighted by Crippen LogP contribution is 2.32. The molecule has 3 N–H and O–H groups in total. The molecule has 0 saturated carbocycles. The lowest BCUT2D eigenvalue weighted by Gasteiger charge is -2.48. The van der Waals surface area contributed by atoms with E-state index in [1.807, 2.05) is 27.7 Å². The molecule has 21 heteroatoms. The lowest BCUT2D eigenvalue weighted by atomic mass is 9.97. The molecule has 7 amide bonds. The van der Waals surface area contributed by atoms with Crippen LogP contribution in [-0.4, -0.2) is 170 Å². The van der Waals surface area contributed by atoms with E-state index in [9.17, 15) is 14.4 Å². The summed E-state index contributed by atoms with van der Waals surface area (Å²) in [4.78, 5) is 111. The zero-order valence-electron chi connectivity index (χ0n) is 68.8. The van der Waals surface area contributed by atoms with Gasteiger partial charge in [0.2, 0.25) is 5.91 Å². The number of amides is 7. The number of nitrogens with one attached hydrogen (secondary N) is 1. The molecule has 0 aliphatic rings. The normalized spacial score (nSPS) is 14.1. The molecule has 0 aromatic rings. The van der Waals surface area contributed by atoms with E-state index in [0.29, 0.717) is 44.7 Å². The fourth-order valence-corrected chi connectivity index (χ4v) is 12.2. The monoisotopic (exact) mass is 1420 g/mol. The zero-order valence-corrected chi connectivity index (χ0v) is 68.8. The molecule has 0 spiro atoms. The molecule has 5 unspecified atom stereocenters. The maximum atomic E-state index is 15.5. The number of carbonyl (C=O) groups excluding carboxylic acids is 7. The standard InChI is InChI=1S/C79H154N8O13/c1-26-53-66(86(72(93)99-78(18,19)20)64(28-3)82(24)68(89)95-74(6,7)8)84(70(91)97-76(12,13)14)59-62(56-50-47-48-52-58-81-63(88)57-51-46-44-42-40-38-36-34-32-30-31-33-35-37-39-41-43-45-49-55-61(5)80)60-85(71(92)98-77(15,16)17)67(54-27-2)87(73(94)100-79(21,22)23)65(29-4)83(25)69(90)96-75(9,10)11/h61-62,64-67H,26-60,80H2,1-25H3,(H,81,88). The average Bonchev–Trinajstić information content (AvgIpc) is 0.795. The third kappa shape index (κ3) is 44.5. The Bertz CT molecular complexity index is 2160. The fraction of sp³-hybridized carbons (Fsp3) is 0.911. The number of nitrogens with two attached hydrogens (primary N) is 1. The predicted molar refractivity (Wildman–Crippen MR) is 406 cm³/mol. The van der Waals surface area contributed by atoms with Crippen molar-refractivity contribution >= 4 is 42.5 Å². The van der Waals surface area contributed by atoms with Crippen molar-refractivity contribution in [3.05, 3.63) is 0 Å². The maximum absolute atomic E-state index is 15.5. The zero-order chi connectivity index (χ0) is 76.7. The van der Waals surface area contributed by atoms with Crippen LogP contribution in [-0.2, 0) is 33.2 Å². The van der Waals surface area contributed by atoms with Gasteiger partial charge in [0.15, 0.2) is 0 Å².